The summed E-state index contributed by atoms with van der Waals surface area (Å²) in [4.78, 5) is 6.65. The fourth-order valence-corrected chi connectivity index (χ4v) is 1.81. The second kappa shape index (κ2) is 9.69. The Morgan fingerprint density at radius 1 is 1.20 bits per heavy atom. The van der Waals surface area contributed by atoms with Gasteiger partial charge in [-0.3, -0.25) is 0 Å². The van der Waals surface area contributed by atoms with Crippen molar-refractivity contribution in [3.05, 3.63) is 23.9 Å². The minimum Gasteiger partial charge on any atom is -0.383 e. The van der Waals surface area contributed by atoms with Gasteiger partial charge in [-0.2, -0.15) is 0 Å². The van der Waals surface area contributed by atoms with E-state index >= 15 is 0 Å². The lowest BCUT2D eigenvalue weighted by Gasteiger charge is -2.23. The largest absolute Gasteiger partial charge is 0.383 e. The predicted molar refractivity (Wildman–Crippen MR) is 82.2 cm³/mol. The van der Waals surface area contributed by atoms with Gasteiger partial charge in [-0.15, -0.1) is 0 Å². The van der Waals surface area contributed by atoms with Crippen LogP contribution in [0.1, 0.15) is 19.4 Å². The average Bonchev–Trinajstić information content (AvgIpc) is 2.45. The fraction of sp³-hybridized carbons (Fsp3) is 0.667. The summed E-state index contributed by atoms with van der Waals surface area (Å²) in [6.07, 6.45) is 1.86. The number of methoxy groups -OCH3 is 2. The van der Waals surface area contributed by atoms with E-state index in [-0.39, 0.29) is 0 Å². The van der Waals surface area contributed by atoms with Crippen LogP contribution in [0.3, 0.4) is 0 Å². The van der Waals surface area contributed by atoms with Crippen molar-refractivity contribution in [3.63, 3.8) is 0 Å². The van der Waals surface area contributed by atoms with E-state index in [1.54, 1.807) is 14.2 Å². The van der Waals surface area contributed by atoms with E-state index in [2.05, 4.69) is 35.1 Å². The van der Waals surface area contributed by atoms with Crippen LogP contribution >= 0.6 is 0 Å². The van der Waals surface area contributed by atoms with Crippen molar-refractivity contribution in [1.82, 2.24) is 10.3 Å². The van der Waals surface area contributed by atoms with Crippen LogP contribution in [-0.2, 0) is 16.0 Å². The molecule has 1 aromatic rings. The van der Waals surface area contributed by atoms with Gasteiger partial charge in [-0.25, -0.2) is 4.98 Å². The Hall–Kier alpha value is -1.17. The Bertz CT molecular complexity index is 364. The molecule has 1 heterocycles. The molecule has 5 heteroatoms. The molecular weight excluding hydrogens is 254 g/mol. The molecule has 0 bridgehead atoms. The van der Waals surface area contributed by atoms with Crippen LogP contribution in [0.15, 0.2) is 18.3 Å². The molecule has 20 heavy (non-hydrogen) atoms. The standard InChI is InChI=1S/C15H27N3O2/c1-13(2)17-12-14-5-6-16-15(11-14)18(7-9-19-3)8-10-20-4/h5-6,11,13,17H,7-10,12H2,1-4H3. The van der Waals surface area contributed by atoms with Crippen LogP contribution in [0.5, 0.6) is 0 Å². The van der Waals surface area contributed by atoms with Gasteiger partial charge in [-0.05, 0) is 17.7 Å². The topological polar surface area (TPSA) is 46.6 Å². The zero-order chi connectivity index (χ0) is 14.8. The van der Waals surface area contributed by atoms with Crippen LogP contribution in [-0.4, -0.2) is 51.5 Å². The van der Waals surface area contributed by atoms with E-state index in [4.69, 9.17) is 9.47 Å². The maximum absolute atomic E-state index is 5.16. The van der Waals surface area contributed by atoms with E-state index in [1.165, 1.54) is 5.56 Å². The van der Waals surface area contributed by atoms with Gasteiger partial charge in [0.1, 0.15) is 5.82 Å². The number of aromatic nitrogens is 1. The molecule has 1 aromatic heterocycles. The summed E-state index contributed by atoms with van der Waals surface area (Å²) in [6.45, 7) is 8.13. The van der Waals surface area contributed by atoms with Crippen LogP contribution in [0.4, 0.5) is 5.82 Å². The van der Waals surface area contributed by atoms with Crippen molar-refractivity contribution in [2.24, 2.45) is 0 Å². The first-order chi connectivity index (χ1) is 9.67. The van der Waals surface area contributed by atoms with E-state index in [0.29, 0.717) is 19.3 Å². The number of anilines is 1. The van der Waals surface area contributed by atoms with Crippen molar-refractivity contribution in [2.75, 3.05) is 45.4 Å². The van der Waals surface area contributed by atoms with Gasteiger partial charge in [0.25, 0.3) is 0 Å². The molecule has 0 aliphatic carbocycles. The van der Waals surface area contributed by atoms with Crippen molar-refractivity contribution < 1.29 is 9.47 Å². The maximum atomic E-state index is 5.16. The molecule has 0 saturated heterocycles. The van der Waals surface area contributed by atoms with Crippen molar-refractivity contribution in [1.29, 1.82) is 0 Å². The van der Waals surface area contributed by atoms with Gasteiger partial charge in [0.2, 0.25) is 0 Å². The molecule has 0 aromatic carbocycles. The zero-order valence-electron chi connectivity index (χ0n) is 13.1. The lowest BCUT2D eigenvalue weighted by molar-refractivity contribution is 0.190. The minimum absolute atomic E-state index is 0.477. The summed E-state index contributed by atoms with van der Waals surface area (Å²) in [7, 11) is 3.43. The number of rotatable bonds is 10. The maximum Gasteiger partial charge on any atom is 0.128 e. The number of pyridine rings is 1. The predicted octanol–water partition coefficient (Wildman–Crippen LogP) is 1.68. The SMILES string of the molecule is COCCN(CCOC)c1cc(CNC(C)C)ccn1. The zero-order valence-corrected chi connectivity index (χ0v) is 13.1. The number of hydrogen-bond acceptors (Lipinski definition) is 5. The summed E-state index contributed by atoms with van der Waals surface area (Å²) in [5, 5.41) is 3.42. The van der Waals surface area contributed by atoms with Gasteiger partial charge in [-0.1, -0.05) is 13.8 Å². The molecule has 0 spiro atoms. The minimum atomic E-state index is 0.477. The van der Waals surface area contributed by atoms with Crippen molar-refractivity contribution in [2.45, 2.75) is 26.4 Å². The summed E-state index contributed by atoms with van der Waals surface area (Å²) in [5.74, 6) is 0.974. The molecule has 0 radical (unpaired) electrons. The second-order valence-electron chi connectivity index (χ2n) is 5.03. The molecule has 1 N–H and O–H groups in total. The van der Waals surface area contributed by atoms with Crippen molar-refractivity contribution in [3.8, 4) is 0 Å². The molecule has 0 aliphatic rings. The number of nitrogens with one attached hydrogen (secondary N) is 1. The Kier molecular flexibility index (Phi) is 8.18. The Morgan fingerprint density at radius 3 is 2.40 bits per heavy atom. The Morgan fingerprint density at radius 2 is 1.85 bits per heavy atom. The highest BCUT2D eigenvalue weighted by atomic mass is 16.5. The van der Waals surface area contributed by atoms with Crippen molar-refractivity contribution >= 4 is 5.82 Å². The van der Waals surface area contributed by atoms with Crippen LogP contribution in [0.25, 0.3) is 0 Å². The number of nitrogens with zero attached hydrogens (tertiary/aromatic N) is 2. The van der Waals surface area contributed by atoms with Gasteiger partial charge in [0.05, 0.1) is 13.2 Å². The molecule has 0 saturated carbocycles. The third-order valence-electron chi connectivity index (χ3n) is 2.98. The molecule has 0 aliphatic heterocycles. The third kappa shape index (κ3) is 6.32. The fourth-order valence-electron chi connectivity index (χ4n) is 1.81. The van der Waals surface area contributed by atoms with Gasteiger partial charge >= 0.3 is 0 Å². The van der Waals surface area contributed by atoms with E-state index < -0.39 is 0 Å². The highest BCUT2D eigenvalue weighted by Gasteiger charge is 2.08. The molecule has 0 amide bonds. The summed E-state index contributed by atoms with van der Waals surface area (Å²) in [6, 6.07) is 4.65. The molecule has 0 unspecified atom stereocenters. The summed E-state index contributed by atoms with van der Waals surface area (Å²) < 4.78 is 10.3. The van der Waals surface area contributed by atoms with Gasteiger partial charge in [0.15, 0.2) is 0 Å². The van der Waals surface area contributed by atoms with E-state index in [0.717, 1.165) is 25.5 Å². The van der Waals surface area contributed by atoms with Crippen LogP contribution < -0.4 is 10.2 Å². The van der Waals surface area contributed by atoms with E-state index in [9.17, 15) is 0 Å². The lowest BCUT2D eigenvalue weighted by Crippen LogP contribution is -2.31. The Balaban J connectivity index is 2.70. The van der Waals surface area contributed by atoms with Gasteiger partial charge < -0.3 is 19.7 Å². The normalized spacial score (nSPS) is 11.1. The molecule has 1 rings (SSSR count). The van der Waals surface area contributed by atoms with Gasteiger partial charge in [0, 0.05) is 46.1 Å². The smallest absolute Gasteiger partial charge is 0.128 e. The number of hydrogen-bond donors (Lipinski definition) is 1. The second-order valence-corrected chi connectivity index (χ2v) is 5.03. The molecule has 0 fully saturated rings. The number of ether oxygens (including phenoxy) is 2. The lowest BCUT2D eigenvalue weighted by atomic mass is 10.2. The molecular formula is C15H27N3O2. The quantitative estimate of drug-likeness (QED) is 0.707. The first-order valence-electron chi connectivity index (χ1n) is 7.08. The molecule has 114 valence electrons. The molecule has 0 atom stereocenters. The van der Waals surface area contributed by atoms with Crippen LogP contribution in [0.2, 0.25) is 0 Å². The third-order valence-corrected chi connectivity index (χ3v) is 2.98. The Labute approximate surface area is 122 Å². The highest BCUT2D eigenvalue weighted by Crippen LogP contribution is 2.12. The molecule has 5 nitrogen and oxygen atoms in total. The van der Waals surface area contributed by atoms with E-state index in [1.807, 2.05) is 12.3 Å². The average molecular weight is 281 g/mol. The summed E-state index contributed by atoms with van der Waals surface area (Å²) >= 11 is 0. The highest BCUT2D eigenvalue weighted by molar-refractivity contribution is 5.41. The first kappa shape index (κ1) is 16.9. The first-order valence-corrected chi connectivity index (χ1v) is 7.08. The summed E-state index contributed by atoms with van der Waals surface area (Å²) in [5.41, 5.74) is 1.24. The van der Waals surface area contributed by atoms with Crippen LogP contribution in [0, 0.1) is 0 Å². The monoisotopic (exact) mass is 281 g/mol.